The van der Waals surface area contributed by atoms with E-state index in [9.17, 15) is 14.7 Å². The van der Waals surface area contributed by atoms with Crippen LogP contribution < -0.4 is 14.4 Å². The van der Waals surface area contributed by atoms with Crippen molar-refractivity contribution in [3.05, 3.63) is 95.1 Å². The van der Waals surface area contributed by atoms with Crippen LogP contribution in [0.25, 0.3) is 5.76 Å². The summed E-state index contributed by atoms with van der Waals surface area (Å²) < 4.78 is 11.0. The first-order valence-corrected chi connectivity index (χ1v) is 11.5. The summed E-state index contributed by atoms with van der Waals surface area (Å²) >= 11 is 0. The zero-order valence-electron chi connectivity index (χ0n) is 20.3. The second kappa shape index (κ2) is 10.1. The number of ketones is 1. The molecule has 1 amide bonds. The molecule has 1 saturated heterocycles. The smallest absolute Gasteiger partial charge is 0.300 e. The normalized spacial score (nSPS) is 17.2. The lowest BCUT2D eigenvalue weighted by atomic mass is 9.94. The number of hydrogen-bond acceptors (Lipinski definition) is 5. The fourth-order valence-electron chi connectivity index (χ4n) is 4.15. The van der Waals surface area contributed by atoms with E-state index in [4.69, 9.17) is 9.47 Å². The highest BCUT2D eigenvalue weighted by Crippen LogP contribution is 2.42. The average Bonchev–Trinajstić information content (AvgIpc) is 3.13. The van der Waals surface area contributed by atoms with E-state index >= 15 is 0 Å². The molecule has 1 heterocycles. The van der Waals surface area contributed by atoms with E-state index < -0.39 is 17.7 Å². The topological polar surface area (TPSA) is 76.1 Å². The summed E-state index contributed by atoms with van der Waals surface area (Å²) in [6.45, 7) is 6.56. The van der Waals surface area contributed by atoms with E-state index in [0.717, 1.165) is 11.1 Å². The highest BCUT2D eigenvalue weighted by Gasteiger charge is 2.47. The molecule has 6 nitrogen and oxygen atoms in total. The maximum atomic E-state index is 13.3. The summed E-state index contributed by atoms with van der Waals surface area (Å²) in [6.07, 6.45) is 0. The van der Waals surface area contributed by atoms with Gasteiger partial charge in [0.25, 0.3) is 11.7 Å². The Morgan fingerprint density at radius 1 is 0.971 bits per heavy atom. The second-order valence-corrected chi connectivity index (χ2v) is 9.01. The number of rotatable bonds is 7. The summed E-state index contributed by atoms with van der Waals surface area (Å²) in [4.78, 5) is 28.1. The van der Waals surface area contributed by atoms with Crippen LogP contribution in [-0.2, 0) is 9.59 Å². The maximum Gasteiger partial charge on any atom is 0.300 e. The van der Waals surface area contributed by atoms with Gasteiger partial charge >= 0.3 is 0 Å². The molecular formula is C29H29NO5. The number of carbonyl (C=O) groups is 2. The van der Waals surface area contributed by atoms with Gasteiger partial charge in [-0.05, 0) is 54.8 Å². The van der Waals surface area contributed by atoms with Gasteiger partial charge in [0.2, 0.25) is 0 Å². The van der Waals surface area contributed by atoms with Crippen molar-refractivity contribution < 1.29 is 24.2 Å². The number of aliphatic hydroxyl groups is 1. The molecule has 3 aromatic carbocycles. The van der Waals surface area contributed by atoms with Gasteiger partial charge in [-0.1, -0.05) is 55.8 Å². The van der Waals surface area contributed by atoms with Crippen molar-refractivity contribution >= 4 is 23.1 Å². The van der Waals surface area contributed by atoms with Crippen molar-refractivity contribution in [2.24, 2.45) is 5.92 Å². The van der Waals surface area contributed by atoms with Crippen molar-refractivity contribution in [2.75, 3.05) is 18.6 Å². The molecule has 0 aliphatic carbocycles. The largest absolute Gasteiger partial charge is 0.507 e. The predicted molar refractivity (Wildman–Crippen MR) is 136 cm³/mol. The Morgan fingerprint density at radius 3 is 2.34 bits per heavy atom. The van der Waals surface area contributed by atoms with E-state index in [1.807, 2.05) is 45.0 Å². The lowest BCUT2D eigenvalue weighted by Crippen LogP contribution is -2.29. The van der Waals surface area contributed by atoms with Crippen LogP contribution in [0, 0.1) is 12.8 Å². The number of ether oxygens (including phenoxy) is 2. The van der Waals surface area contributed by atoms with Crippen molar-refractivity contribution in [1.82, 2.24) is 0 Å². The highest BCUT2D eigenvalue weighted by atomic mass is 16.5. The molecule has 1 N–H and O–H groups in total. The fourth-order valence-corrected chi connectivity index (χ4v) is 4.15. The van der Waals surface area contributed by atoms with Gasteiger partial charge in [0.05, 0.1) is 25.3 Å². The van der Waals surface area contributed by atoms with Gasteiger partial charge in [0.15, 0.2) is 0 Å². The number of Topliss-reactive ketones (excluding diaryl/α,β-unsaturated/α-hetero) is 1. The minimum atomic E-state index is -0.788. The SMILES string of the molecule is COc1ccc(N2C(=O)C(=O)/C(=C(\O)c3cccc(OCC(C)C)c3)C2c2cccc(C)c2)cc1. The number of nitrogens with zero attached hydrogens (tertiary/aromatic N) is 1. The lowest BCUT2D eigenvalue weighted by molar-refractivity contribution is -0.132. The Kier molecular flexibility index (Phi) is 6.92. The third kappa shape index (κ3) is 4.92. The molecule has 35 heavy (non-hydrogen) atoms. The van der Waals surface area contributed by atoms with Gasteiger partial charge in [-0.15, -0.1) is 0 Å². The summed E-state index contributed by atoms with van der Waals surface area (Å²) in [6, 6.07) is 20.7. The number of aryl methyl sites for hydroxylation is 1. The zero-order chi connectivity index (χ0) is 25.1. The Balaban J connectivity index is 1.85. The molecular weight excluding hydrogens is 442 g/mol. The van der Waals surface area contributed by atoms with Crippen LogP contribution >= 0.6 is 0 Å². The molecule has 1 atom stereocenters. The monoisotopic (exact) mass is 471 g/mol. The molecule has 180 valence electrons. The van der Waals surface area contributed by atoms with Crippen LogP contribution in [-0.4, -0.2) is 30.5 Å². The lowest BCUT2D eigenvalue weighted by Gasteiger charge is -2.26. The molecule has 4 rings (SSSR count). The van der Waals surface area contributed by atoms with Crippen molar-refractivity contribution in [1.29, 1.82) is 0 Å². The van der Waals surface area contributed by atoms with E-state index in [1.165, 1.54) is 4.90 Å². The number of anilines is 1. The van der Waals surface area contributed by atoms with Gasteiger partial charge in [0.1, 0.15) is 17.3 Å². The van der Waals surface area contributed by atoms with Crippen LogP contribution in [0.5, 0.6) is 11.5 Å². The van der Waals surface area contributed by atoms with E-state index in [-0.39, 0.29) is 11.3 Å². The molecule has 0 radical (unpaired) electrons. The molecule has 1 aliphatic rings. The molecule has 3 aromatic rings. The second-order valence-electron chi connectivity index (χ2n) is 9.01. The van der Waals surface area contributed by atoms with Crippen molar-refractivity contribution in [2.45, 2.75) is 26.8 Å². The molecule has 1 aliphatic heterocycles. The van der Waals surface area contributed by atoms with Crippen molar-refractivity contribution in [3.8, 4) is 11.5 Å². The Hall–Kier alpha value is -4.06. The Labute approximate surface area is 205 Å². The third-order valence-corrected chi connectivity index (χ3v) is 5.84. The number of hydrogen-bond donors (Lipinski definition) is 1. The van der Waals surface area contributed by atoms with E-state index in [2.05, 4.69) is 0 Å². The molecule has 0 bridgehead atoms. The van der Waals surface area contributed by atoms with Gasteiger partial charge < -0.3 is 14.6 Å². The van der Waals surface area contributed by atoms with Crippen LogP contribution in [0.2, 0.25) is 0 Å². The summed E-state index contributed by atoms with van der Waals surface area (Å²) in [5.74, 6) is -0.118. The standard InChI is InChI=1S/C29H29NO5/c1-18(2)17-35-24-10-6-9-21(16-24)27(31)25-26(20-8-5-7-19(3)15-20)30(29(33)28(25)32)22-11-13-23(34-4)14-12-22/h5-16,18,26,31H,17H2,1-4H3/b27-25-. The Morgan fingerprint density at radius 2 is 1.69 bits per heavy atom. The van der Waals surface area contributed by atoms with Gasteiger partial charge in [-0.2, -0.15) is 0 Å². The van der Waals surface area contributed by atoms with Crippen molar-refractivity contribution in [3.63, 3.8) is 0 Å². The summed E-state index contributed by atoms with van der Waals surface area (Å²) in [7, 11) is 1.56. The number of methoxy groups -OCH3 is 1. The number of carbonyl (C=O) groups excluding carboxylic acids is 2. The number of aliphatic hydroxyl groups excluding tert-OH is 1. The van der Waals surface area contributed by atoms with Gasteiger partial charge in [0, 0.05) is 11.3 Å². The van der Waals surface area contributed by atoms with Gasteiger partial charge in [-0.3, -0.25) is 14.5 Å². The van der Waals surface area contributed by atoms with Gasteiger partial charge in [-0.25, -0.2) is 0 Å². The molecule has 1 fully saturated rings. The van der Waals surface area contributed by atoms with E-state index in [0.29, 0.717) is 35.3 Å². The van der Waals surface area contributed by atoms with Crippen LogP contribution in [0.15, 0.2) is 78.4 Å². The summed E-state index contributed by atoms with van der Waals surface area (Å²) in [5.41, 5.74) is 2.70. The minimum absolute atomic E-state index is 0.0393. The molecule has 0 saturated carbocycles. The van der Waals surface area contributed by atoms with Crippen LogP contribution in [0.4, 0.5) is 5.69 Å². The molecule has 1 unspecified atom stereocenters. The van der Waals surface area contributed by atoms with Crippen LogP contribution in [0.1, 0.15) is 36.6 Å². The first-order chi connectivity index (χ1) is 16.8. The fraction of sp³-hybridized carbons (Fsp3) is 0.241. The minimum Gasteiger partial charge on any atom is -0.507 e. The molecule has 0 aromatic heterocycles. The number of benzene rings is 3. The number of amides is 1. The zero-order valence-corrected chi connectivity index (χ0v) is 20.3. The first kappa shape index (κ1) is 24.1. The highest BCUT2D eigenvalue weighted by molar-refractivity contribution is 6.51. The third-order valence-electron chi connectivity index (χ3n) is 5.84. The summed E-state index contributed by atoms with van der Waals surface area (Å²) in [5, 5.41) is 11.4. The first-order valence-electron chi connectivity index (χ1n) is 11.5. The quantitative estimate of drug-likeness (QED) is 0.273. The predicted octanol–water partition coefficient (Wildman–Crippen LogP) is 5.66. The van der Waals surface area contributed by atoms with E-state index in [1.54, 1.807) is 55.6 Å². The molecule has 6 heteroatoms. The Bertz CT molecular complexity index is 1280. The molecule has 0 spiro atoms. The maximum absolute atomic E-state index is 13.3. The average molecular weight is 472 g/mol. The van der Waals surface area contributed by atoms with Crippen LogP contribution in [0.3, 0.4) is 0 Å².